The summed E-state index contributed by atoms with van der Waals surface area (Å²) >= 11 is 12.7. The molecule has 1 N–H and O–H groups in total. The SMILES string of the molecule is Clc1ccc(-n2nc(CC(c3ccccc3)c3ccccc3)c3c2NCCCC3)c(Cl)c1. The quantitative estimate of drug-likeness (QED) is 0.337. The molecular weight excluding hydrogens is 437 g/mol. The van der Waals surface area contributed by atoms with E-state index >= 15 is 0 Å². The minimum Gasteiger partial charge on any atom is -0.370 e. The lowest BCUT2D eigenvalue weighted by molar-refractivity contribution is 0.727. The van der Waals surface area contributed by atoms with Gasteiger partial charge < -0.3 is 5.32 Å². The van der Waals surface area contributed by atoms with Crippen molar-refractivity contribution in [3.05, 3.63) is 111 Å². The van der Waals surface area contributed by atoms with Gasteiger partial charge in [0.25, 0.3) is 0 Å². The number of aromatic nitrogens is 2. The second-order valence-corrected chi connectivity index (χ2v) is 9.09. The van der Waals surface area contributed by atoms with Crippen molar-refractivity contribution in [1.29, 1.82) is 0 Å². The highest BCUT2D eigenvalue weighted by atomic mass is 35.5. The molecule has 1 aromatic heterocycles. The first-order valence-corrected chi connectivity index (χ1v) is 11.9. The molecule has 2 heterocycles. The highest BCUT2D eigenvalue weighted by Crippen LogP contribution is 2.35. The third kappa shape index (κ3) is 4.28. The number of anilines is 1. The number of halogens is 2. The van der Waals surface area contributed by atoms with Crippen LogP contribution < -0.4 is 5.32 Å². The average Bonchev–Trinajstić information content (AvgIpc) is 2.98. The molecule has 32 heavy (non-hydrogen) atoms. The third-order valence-corrected chi connectivity index (χ3v) is 6.69. The molecule has 0 amide bonds. The highest BCUT2D eigenvalue weighted by Gasteiger charge is 2.25. The average molecular weight is 462 g/mol. The molecule has 0 fully saturated rings. The van der Waals surface area contributed by atoms with Crippen molar-refractivity contribution >= 4 is 29.0 Å². The number of nitrogens with one attached hydrogen (secondary N) is 1. The van der Waals surface area contributed by atoms with Gasteiger partial charge in [0.15, 0.2) is 0 Å². The number of fused-ring (bicyclic) bond motifs is 1. The van der Waals surface area contributed by atoms with Gasteiger partial charge in [0, 0.05) is 29.5 Å². The van der Waals surface area contributed by atoms with Crippen LogP contribution in [-0.2, 0) is 12.8 Å². The number of rotatable bonds is 5. The van der Waals surface area contributed by atoms with Gasteiger partial charge in [0.05, 0.1) is 16.4 Å². The summed E-state index contributed by atoms with van der Waals surface area (Å²) in [6, 6.07) is 27.0. The normalized spacial score (nSPS) is 13.5. The summed E-state index contributed by atoms with van der Waals surface area (Å²) in [6.45, 7) is 0.935. The zero-order valence-electron chi connectivity index (χ0n) is 17.8. The van der Waals surface area contributed by atoms with Gasteiger partial charge in [-0.1, -0.05) is 83.9 Å². The Morgan fingerprint density at radius 1 is 0.875 bits per heavy atom. The Morgan fingerprint density at radius 2 is 1.56 bits per heavy atom. The third-order valence-electron chi connectivity index (χ3n) is 6.15. The molecule has 0 saturated carbocycles. The van der Waals surface area contributed by atoms with Crippen molar-refractivity contribution in [2.24, 2.45) is 0 Å². The van der Waals surface area contributed by atoms with Crippen LogP contribution in [0.2, 0.25) is 10.0 Å². The van der Waals surface area contributed by atoms with Crippen molar-refractivity contribution in [1.82, 2.24) is 9.78 Å². The molecule has 0 saturated heterocycles. The summed E-state index contributed by atoms with van der Waals surface area (Å²) in [7, 11) is 0. The summed E-state index contributed by atoms with van der Waals surface area (Å²) < 4.78 is 1.97. The Balaban J connectivity index is 1.61. The molecule has 0 atom stereocenters. The van der Waals surface area contributed by atoms with Gasteiger partial charge in [-0.05, 0) is 48.6 Å². The number of hydrogen-bond donors (Lipinski definition) is 1. The first-order chi connectivity index (χ1) is 15.7. The largest absolute Gasteiger partial charge is 0.370 e. The topological polar surface area (TPSA) is 29.9 Å². The van der Waals surface area contributed by atoms with Crippen molar-refractivity contribution in [2.75, 3.05) is 11.9 Å². The maximum absolute atomic E-state index is 6.58. The van der Waals surface area contributed by atoms with Gasteiger partial charge in [-0.25, -0.2) is 4.68 Å². The van der Waals surface area contributed by atoms with Crippen molar-refractivity contribution in [3.8, 4) is 5.69 Å². The summed E-state index contributed by atoms with van der Waals surface area (Å²) in [5, 5.41) is 9.95. The van der Waals surface area contributed by atoms with Crippen molar-refractivity contribution < 1.29 is 0 Å². The Kier molecular flexibility index (Phi) is 6.20. The number of hydrogen-bond acceptors (Lipinski definition) is 2. The zero-order valence-corrected chi connectivity index (χ0v) is 19.3. The lowest BCUT2D eigenvalue weighted by atomic mass is 9.86. The fourth-order valence-electron chi connectivity index (χ4n) is 4.56. The van der Waals surface area contributed by atoms with Gasteiger partial charge in [0.1, 0.15) is 5.82 Å². The lowest BCUT2D eigenvalue weighted by Gasteiger charge is -2.18. The van der Waals surface area contributed by atoms with Crippen LogP contribution in [0.1, 0.15) is 41.1 Å². The molecule has 0 unspecified atom stereocenters. The number of benzene rings is 3. The van der Waals surface area contributed by atoms with Crippen LogP contribution in [0.15, 0.2) is 78.9 Å². The molecule has 4 aromatic rings. The van der Waals surface area contributed by atoms with E-state index in [2.05, 4.69) is 66.0 Å². The monoisotopic (exact) mass is 461 g/mol. The second kappa shape index (κ2) is 9.40. The summed E-state index contributed by atoms with van der Waals surface area (Å²) in [6.07, 6.45) is 4.13. The highest BCUT2D eigenvalue weighted by molar-refractivity contribution is 6.35. The van der Waals surface area contributed by atoms with E-state index < -0.39 is 0 Å². The van der Waals surface area contributed by atoms with Crippen LogP contribution in [0.3, 0.4) is 0 Å². The molecule has 5 heteroatoms. The molecule has 0 radical (unpaired) electrons. The van der Waals surface area contributed by atoms with E-state index in [-0.39, 0.29) is 5.92 Å². The molecule has 5 rings (SSSR count). The lowest BCUT2D eigenvalue weighted by Crippen LogP contribution is -2.08. The molecule has 1 aliphatic heterocycles. The van der Waals surface area contributed by atoms with E-state index in [1.807, 2.05) is 16.8 Å². The molecule has 0 bridgehead atoms. The van der Waals surface area contributed by atoms with Crippen molar-refractivity contribution in [2.45, 2.75) is 31.6 Å². The van der Waals surface area contributed by atoms with E-state index in [1.165, 1.54) is 16.7 Å². The first-order valence-electron chi connectivity index (χ1n) is 11.1. The standard InChI is InChI=1S/C27H25Cl2N3/c28-21-14-15-26(24(29)17-21)32-27-22(13-7-8-16-30-27)25(31-32)18-23(19-9-3-1-4-10-19)20-11-5-2-6-12-20/h1-6,9-12,14-15,17,23,30H,7-8,13,16,18H2. The van der Waals surface area contributed by atoms with E-state index in [1.54, 1.807) is 6.07 Å². The van der Waals surface area contributed by atoms with Crippen LogP contribution in [-0.4, -0.2) is 16.3 Å². The van der Waals surface area contributed by atoms with Crippen LogP contribution in [0, 0.1) is 0 Å². The molecule has 0 aliphatic carbocycles. The van der Waals surface area contributed by atoms with Crippen LogP contribution in [0.5, 0.6) is 0 Å². The molecule has 1 aliphatic rings. The van der Waals surface area contributed by atoms with E-state index in [4.69, 9.17) is 28.3 Å². The van der Waals surface area contributed by atoms with Crippen LogP contribution in [0.25, 0.3) is 5.69 Å². The summed E-state index contributed by atoms with van der Waals surface area (Å²) in [5.74, 6) is 1.29. The minimum absolute atomic E-state index is 0.230. The van der Waals surface area contributed by atoms with Gasteiger partial charge in [-0.15, -0.1) is 0 Å². The van der Waals surface area contributed by atoms with Crippen LogP contribution >= 0.6 is 23.2 Å². The maximum atomic E-state index is 6.58. The molecule has 3 nitrogen and oxygen atoms in total. The van der Waals surface area contributed by atoms with Crippen molar-refractivity contribution in [3.63, 3.8) is 0 Å². The smallest absolute Gasteiger partial charge is 0.133 e. The van der Waals surface area contributed by atoms with Gasteiger partial charge in [0.2, 0.25) is 0 Å². The molecule has 3 aromatic carbocycles. The predicted octanol–water partition coefficient (Wildman–Crippen LogP) is 7.30. The Morgan fingerprint density at radius 3 is 2.22 bits per heavy atom. The fourth-order valence-corrected chi connectivity index (χ4v) is 5.05. The Bertz CT molecular complexity index is 1160. The summed E-state index contributed by atoms with van der Waals surface area (Å²) in [5.41, 5.74) is 5.87. The minimum atomic E-state index is 0.230. The van der Waals surface area contributed by atoms with Crippen LogP contribution in [0.4, 0.5) is 5.82 Å². The van der Waals surface area contributed by atoms with E-state index in [9.17, 15) is 0 Å². The summed E-state index contributed by atoms with van der Waals surface area (Å²) in [4.78, 5) is 0. The van der Waals surface area contributed by atoms with E-state index in [0.717, 1.165) is 49.4 Å². The first kappa shape index (κ1) is 21.1. The Labute approximate surface area is 199 Å². The predicted molar refractivity (Wildman–Crippen MR) is 133 cm³/mol. The maximum Gasteiger partial charge on any atom is 0.133 e. The van der Waals surface area contributed by atoms with Gasteiger partial charge in [-0.2, -0.15) is 5.10 Å². The molecule has 162 valence electrons. The molecular formula is C27H25Cl2N3. The van der Waals surface area contributed by atoms with Gasteiger partial charge in [-0.3, -0.25) is 0 Å². The van der Waals surface area contributed by atoms with E-state index in [0.29, 0.717) is 10.0 Å². The van der Waals surface area contributed by atoms with Gasteiger partial charge >= 0.3 is 0 Å². The fraction of sp³-hybridized carbons (Fsp3) is 0.222. The Hall–Kier alpha value is -2.75. The molecule has 0 spiro atoms. The second-order valence-electron chi connectivity index (χ2n) is 8.24. The number of nitrogens with zero attached hydrogens (tertiary/aromatic N) is 2. The zero-order chi connectivity index (χ0) is 21.9.